The number of nitrogens with zero attached hydrogens (tertiary/aromatic N) is 3. The Morgan fingerprint density at radius 2 is 2.03 bits per heavy atom. The quantitative estimate of drug-likeness (QED) is 0.466. The van der Waals surface area contributed by atoms with Crippen LogP contribution >= 0.6 is 11.3 Å². The predicted octanol–water partition coefficient (Wildman–Crippen LogP) is 4.59. The molecule has 1 aliphatic carbocycles. The summed E-state index contributed by atoms with van der Waals surface area (Å²) in [4.78, 5) is 32.4. The summed E-state index contributed by atoms with van der Waals surface area (Å²) in [6.07, 6.45) is 6.06. The Hall–Kier alpha value is -2.80. The molecule has 1 amide bonds. The molecule has 2 aromatic heterocycles. The van der Waals surface area contributed by atoms with Crippen LogP contribution in [0.2, 0.25) is 0 Å². The second kappa shape index (κ2) is 8.62. The maximum atomic E-state index is 13.2. The van der Waals surface area contributed by atoms with Crippen LogP contribution in [0.1, 0.15) is 68.6 Å². The molecule has 3 aromatic rings. The van der Waals surface area contributed by atoms with Crippen LogP contribution in [-0.2, 0) is 23.1 Å². The second-order valence-electron chi connectivity index (χ2n) is 9.77. The van der Waals surface area contributed by atoms with Gasteiger partial charge in [0.05, 0.1) is 17.9 Å². The normalized spacial score (nSPS) is 17.5. The van der Waals surface area contributed by atoms with Crippen LogP contribution in [0.25, 0.3) is 10.2 Å². The number of hydrogen-bond acceptors (Lipinski definition) is 5. The molecule has 1 N–H and O–H groups in total. The molecule has 4 rings (SSSR count). The third-order valence-electron chi connectivity index (χ3n) is 6.20. The molecule has 0 unspecified atom stereocenters. The molecular formula is C25H30N4O2S. The smallest absolute Gasteiger partial charge is 0.263 e. The van der Waals surface area contributed by atoms with Crippen molar-refractivity contribution in [3.05, 3.63) is 62.5 Å². The second-order valence-corrected chi connectivity index (χ2v) is 10.9. The van der Waals surface area contributed by atoms with E-state index in [2.05, 4.69) is 55.3 Å². The number of hydrazone groups is 1. The van der Waals surface area contributed by atoms with Gasteiger partial charge in [0.2, 0.25) is 0 Å². The zero-order valence-corrected chi connectivity index (χ0v) is 20.1. The maximum absolute atomic E-state index is 13.2. The molecule has 0 saturated heterocycles. The molecule has 2 atom stereocenters. The Morgan fingerprint density at radius 1 is 1.31 bits per heavy atom. The van der Waals surface area contributed by atoms with E-state index >= 15 is 0 Å². The number of hydrogen-bond donors (Lipinski definition) is 1. The zero-order chi connectivity index (χ0) is 23.0. The average Bonchev–Trinajstić information content (AvgIpc) is 3.11. The SMILES string of the molecule is C[C@H]1CCc2c(sc3ncn([C@H](C)C(=O)N/N=C/c4ccc(C(C)(C)C)cc4)c(=O)c23)C1. The molecule has 0 fully saturated rings. The lowest BCUT2D eigenvalue weighted by Crippen LogP contribution is -2.34. The monoisotopic (exact) mass is 450 g/mol. The Bertz CT molecular complexity index is 1230. The number of aryl methyl sites for hydroxylation is 1. The van der Waals surface area contributed by atoms with Gasteiger partial charge in [0.1, 0.15) is 10.9 Å². The van der Waals surface area contributed by atoms with E-state index in [0.717, 1.165) is 35.2 Å². The highest BCUT2D eigenvalue weighted by Crippen LogP contribution is 2.35. The summed E-state index contributed by atoms with van der Waals surface area (Å²) in [5.41, 5.74) is 5.75. The zero-order valence-electron chi connectivity index (χ0n) is 19.3. The Labute approximate surface area is 192 Å². The standard InChI is InChI=1S/C25H30N4O2S/c1-15-6-11-19-20(12-15)32-23-21(19)24(31)29(14-26-23)16(2)22(30)28-27-13-17-7-9-18(10-8-17)25(3,4)5/h7-10,13-16H,6,11-12H2,1-5H3,(H,28,30)/b27-13+/t15-,16+/m0/s1. The largest absolute Gasteiger partial charge is 0.286 e. The van der Waals surface area contributed by atoms with E-state index in [1.165, 1.54) is 21.3 Å². The highest BCUT2D eigenvalue weighted by Gasteiger charge is 2.25. The van der Waals surface area contributed by atoms with Gasteiger partial charge in [0.15, 0.2) is 0 Å². The number of benzene rings is 1. The van der Waals surface area contributed by atoms with Crippen molar-refractivity contribution in [2.75, 3.05) is 0 Å². The van der Waals surface area contributed by atoms with Crippen LogP contribution in [0, 0.1) is 5.92 Å². The summed E-state index contributed by atoms with van der Waals surface area (Å²) in [6.45, 7) is 10.4. The van der Waals surface area contributed by atoms with Crippen LogP contribution < -0.4 is 11.0 Å². The van der Waals surface area contributed by atoms with Crippen molar-refractivity contribution in [3.63, 3.8) is 0 Å². The van der Waals surface area contributed by atoms with Crippen molar-refractivity contribution < 1.29 is 4.79 Å². The van der Waals surface area contributed by atoms with Crippen LogP contribution in [0.3, 0.4) is 0 Å². The van der Waals surface area contributed by atoms with Crippen molar-refractivity contribution in [2.45, 2.75) is 65.3 Å². The van der Waals surface area contributed by atoms with Crippen molar-refractivity contribution in [2.24, 2.45) is 11.0 Å². The van der Waals surface area contributed by atoms with E-state index in [1.54, 1.807) is 24.5 Å². The number of carbonyl (C=O) groups is 1. The van der Waals surface area contributed by atoms with Crippen LogP contribution in [0.4, 0.5) is 0 Å². The van der Waals surface area contributed by atoms with Crippen molar-refractivity contribution in [1.82, 2.24) is 15.0 Å². The number of nitrogens with one attached hydrogen (secondary N) is 1. The molecule has 0 radical (unpaired) electrons. The molecule has 1 aromatic carbocycles. The van der Waals surface area contributed by atoms with Gasteiger partial charge in [-0.15, -0.1) is 11.3 Å². The summed E-state index contributed by atoms with van der Waals surface area (Å²) in [7, 11) is 0. The predicted molar refractivity (Wildman–Crippen MR) is 131 cm³/mol. The van der Waals surface area contributed by atoms with E-state index < -0.39 is 6.04 Å². The molecule has 0 bridgehead atoms. The summed E-state index contributed by atoms with van der Waals surface area (Å²) in [5, 5.41) is 4.76. The number of aromatic nitrogens is 2. The van der Waals surface area contributed by atoms with Gasteiger partial charge in [-0.2, -0.15) is 5.10 Å². The van der Waals surface area contributed by atoms with Crippen LogP contribution in [0.5, 0.6) is 0 Å². The van der Waals surface area contributed by atoms with Crippen LogP contribution in [-0.4, -0.2) is 21.7 Å². The highest BCUT2D eigenvalue weighted by molar-refractivity contribution is 7.18. The van der Waals surface area contributed by atoms with Gasteiger partial charge in [0.25, 0.3) is 11.5 Å². The van der Waals surface area contributed by atoms with Gasteiger partial charge in [-0.25, -0.2) is 10.4 Å². The molecule has 0 spiro atoms. The molecule has 7 heteroatoms. The lowest BCUT2D eigenvalue weighted by atomic mass is 9.87. The van der Waals surface area contributed by atoms with E-state index in [1.807, 2.05) is 12.1 Å². The third-order valence-corrected chi connectivity index (χ3v) is 7.36. The van der Waals surface area contributed by atoms with Gasteiger partial charge in [0, 0.05) is 4.88 Å². The van der Waals surface area contributed by atoms with Gasteiger partial charge >= 0.3 is 0 Å². The molecule has 32 heavy (non-hydrogen) atoms. The fourth-order valence-corrected chi connectivity index (χ4v) is 5.42. The summed E-state index contributed by atoms with van der Waals surface area (Å²) in [5.74, 6) is 0.276. The topological polar surface area (TPSA) is 76.3 Å². The van der Waals surface area contributed by atoms with Gasteiger partial charge in [-0.3, -0.25) is 14.2 Å². The first-order chi connectivity index (χ1) is 15.1. The highest BCUT2D eigenvalue weighted by atomic mass is 32.1. The summed E-state index contributed by atoms with van der Waals surface area (Å²) < 4.78 is 1.41. The minimum absolute atomic E-state index is 0.0850. The van der Waals surface area contributed by atoms with Crippen molar-refractivity contribution in [3.8, 4) is 0 Å². The molecule has 2 heterocycles. The number of thiophene rings is 1. The number of amides is 1. The fraction of sp³-hybridized carbons (Fsp3) is 0.440. The molecule has 168 valence electrons. The van der Waals surface area contributed by atoms with Gasteiger partial charge < -0.3 is 0 Å². The lowest BCUT2D eigenvalue weighted by molar-refractivity contribution is -0.123. The van der Waals surface area contributed by atoms with E-state index in [4.69, 9.17) is 0 Å². The number of carbonyl (C=O) groups excluding carboxylic acids is 1. The molecule has 0 aliphatic heterocycles. The van der Waals surface area contributed by atoms with E-state index in [9.17, 15) is 9.59 Å². The lowest BCUT2D eigenvalue weighted by Gasteiger charge is -2.18. The summed E-state index contributed by atoms with van der Waals surface area (Å²) in [6, 6.07) is 7.37. The average molecular weight is 451 g/mol. The first-order valence-electron chi connectivity index (χ1n) is 11.1. The molecule has 0 saturated carbocycles. The fourth-order valence-electron chi connectivity index (χ4n) is 4.08. The van der Waals surface area contributed by atoms with Gasteiger partial charge in [-0.05, 0) is 54.2 Å². The molecule has 6 nitrogen and oxygen atoms in total. The third kappa shape index (κ3) is 4.39. The minimum atomic E-state index is -0.710. The Balaban J connectivity index is 1.50. The van der Waals surface area contributed by atoms with E-state index in [0.29, 0.717) is 11.3 Å². The Kier molecular flexibility index (Phi) is 6.03. The van der Waals surface area contributed by atoms with Gasteiger partial charge in [-0.1, -0.05) is 52.0 Å². The number of fused-ring (bicyclic) bond motifs is 3. The molecular weight excluding hydrogens is 420 g/mol. The first kappa shape index (κ1) is 22.4. The Morgan fingerprint density at radius 3 is 2.72 bits per heavy atom. The first-order valence-corrected chi connectivity index (χ1v) is 11.9. The number of rotatable bonds is 4. The summed E-state index contributed by atoms with van der Waals surface area (Å²) >= 11 is 1.61. The van der Waals surface area contributed by atoms with E-state index in [-0.39, 0.29) is 16.9 Å². The minimum Gasteiger partial charge on any atom is -0.286 e. The molecule has 1 aliphatic rings. The van der Waals surface area contributed by atoms with Crippen molar-refractivity contribution in [1.29, 1.82) is 0 Å². The van der Waals surface area contributed by atoms with Crippen LogP contribution in [0.15, 0.2) is 40.5 Å². The maximum Gasteiger partial charge on any atom is 0.263 e. The van der Waals surface area contributed by atoms with Crippen molar-refractivity contribution >= 4 is 33.7 Å².